The molecule has 0 radical (unpaired) electrons. The van der Waals surface area contributed by atoms with Crippen LogP contribution in [0.1, 0.15) is 11.7 Å². The number of rotatable bonds is 3. The fraction of sp³-hybridized carbons (Fsp3) is 0.0714. The first-order valence-electron chi connectivity index (χ1n) is 6.00. The number of fused-ring (bicyclic) bond motifs is 1. The standard InChI is InChI=1S/C14H13BN2O2/c16-14(17)10-6-2-3-7-11(10)18-13-9-5-1-4-8-12(9)19-15-13/h1-8,14H,16-17H2. The van der Waals surface area contributed by atoms with E-state index in [0.29, 0.717) is 11.4 Å². The van der Waals surface area contributed by atoms with E-state index in [1.165, 1.54) is 0 Å². The summed E-state index contributed by atoms with van der Waals surface area (Å²) in [5.74, 6) is 0.643. The number of ether oxygens (including phenoxy) is 1. The molecule has 0 atom stereocenters. The van der Waals surface area contributed by atoms with Crippen molar-refractivity contribution in [3.05, 3.63) is 54.1 Å². The predicted molar refractivity (Wildman–Crippen MR) is 75.2 cm³/mol. The number of hydrogen-bond acceptors (Lipinski definition) is 4. The summed E-state index contributed by atoms with van der Waals surface area (Å²) >= 11 is 0. The first kappa shape index (κ1) is 12.0. The number of para-hydroxylation sites is 2. The van der Waals surface area contributed by atoms with Gasteiger partial charge in [0.1, 0.15) is 0 Å². The molecule has 5 heteroatoms. The van der Waals surface area contributed by atoms with Gasteiger partial charge in [-0.05, 0) is 0 Å². The Labute approximate surface area is 111 Å². The summed E-state index contributed by atoms with van der Waals surface area (Å²) in [6.45, 7) is 0. The zero-order valence-electron chi connectivity index (χ0n) is 10.2. The molecule has 94 valence electrons. The van der Waals surface area contributed by atoms with Crippen LogP contribution in [0.5, 0.6) is 11.4 Å². The first-order valence-corrected chi connectivity index (χ1v) is 6.00. The van der Waals surface area contributed by atoms with Gasteiger partial charge in [-0.3, -0.25) is 0 Å². The molecule has 0 aliphatic heterocycles. The Balaban J connectivity index is 2.02. The van der Waals surface area contributed by atoms with Crippen LogP contribution in [0.4, 0.5) is 0 Å². The number of benzene rings is 2. The van der Waals surface area contributed by atoms with Crippen molar-refractivity contribution in [1.82, 2.24) is 0 Å². The van der Waals surface area contributed by atoms with Gasteiger partial charge >= 0.3 is 110 Å². The van der Waals surface area contributed by atoms with Gasteiger partial charge in [0.05, 0.1) is 0 Å². The van der Waals surface area contributed by atoms with E-state index in [2.05, 4.69) is 0 Å². The summed E-state index contributed by atoms with van der Waals surface area (Å²) in [7, 11) is 1.59. The molecular weight excluding hydrogens is 239 g/mol. The van der Waals surface area contributed by atoms with Crippen molar-refractivity contribution in [2.45, 2.75) is 6.17 Å². The predicted octanol–water partition coefficient (Wildman–Crippen LogP) is 2.48. The molecule has 0 unspecified atom stereocenters. The third-order valence-corrected chi connectivity index (χ3v) is 2.94. The summed E-state index contributed by atoms with van der Waals surface area (Å²) in [4.78, 5) is 0. The molecule has 0 saturated heterocycles. The maximum atomic E-state index is 5.87. The maximum absolute atomic E-state index is 5.87. The van der Waals surface area contributed by atoms with Gasteiger partial charge < -0.3 is 0 Å². The minimum atomic E-state index is -0.575. The second kappa shape index (κ2) is 4.88. The SMILES string of the molecule is NC(N)c1ccccc1Oc1boc2ccccc12. The summed E-state index contributed by atoms with van der Waals surface area (Å²) < 4.78 is 11.3. The third-order valence-electron chi connectivity index (χ3n) is 2.94. The average molecular weight is 252 g/mol. The van der Waals surface area contributed by atoms with Crippen molar-refractivity contribution in [2.75, 3.05) is 0 Å². The average Bonchev–Trinajstić information content (AvgIpc) is 2.83. The molecular formula is C14H13BN2O2. The van der Waals surface area contributed by atoms with Crippen LogP contribution >= 0.6 is 0 Å². The van der Waals surface area contributed by atoms with Crippen LogP contribution in [0.15, 0.2) is 52.9 Å². The van der Waals surface area contributed by atoms with Crippen molar-refractivity contribution in [3.63, 3.8) is 0 Å². The first-order chi connectivity index (χ1) is 9.25. The van der Waals surface area contributed by atoms with Crippen LogP contribution in [-0.4, -0.2) is 7.13 Å². The van der Waals surface area contributed by atoms with Gasteiger partial charge in [0.25, 0.3) is 0 Å². The van der Waals surface area contributed by atoms with E-state index in [0.717, 1.165) is 16.5 Å². The Morgan fingerprint density at radius 1 is 1.00 bits per heavy atom. The second-order valence-corrected chi connectivity index (χ2v) is 4.26. The van der Waals surface area contributed by atoms with E-state index in [1.54, 1.807) is 7.13 Å². The van der Waals surface area contributed by atoms with Crippen LogP contribution < -0.4 is 16.2 Å². The Hall–Kier alpha value is -2.11. The van der Waals surface area contributed by atoms with E-state index < -0.39 is 6.17 Å². The minimum absolute atomic E-state index is 0.575. The van der Waals surface area contributed by atoms with Gasteiger partial charge in [0.15, 0.2) is 0 Å². The Bertz CT molecular complexity index is 709. The molecule has 0 aliphatic rings. The van der Waals surface area contributed by atoms with E-state index in [9.17, 15) is 0 Å². The number of hydrogen-bond donors (Lipinski definition) is 2. The molecule has 0 fully saturated rings. The van der Waals surface area contributed by atoms with E-state index in [4.69, 9.17) is 20.5 Å². The van der Waals surface area contributed by atoms with Crippen LogP contribution in [-0.2, 0) is 0 Å². The van der Waals surface area contributed by atoms with E-state index in [1.807, 2.05) is 48.5 Å². The Kier molecular flexibility index (Phi) is 3.07. The zero-order chi connectivity index (χ0) is 13.2. The van der Waals surface area contributed by atoms with Crippen molar-refractivity contribution in [2.24, 2.45) is 11.5 Å². The number of nitrogens with two attached hydrogens (primary N) is 2. The molecule has 3 aromatic rings. The van der Waals surface area contributed by atoms with Gasteiger partial charge in [-0.1, -0.05) is 0 Å². The van der Waals surface area contributed by atoms with E-state index in [-0.39, 0.29) is 0 Å². The topological polar surface area (TPSA) is 74.4 Å². The van der Waals surface area contributed by atoms with Gasteiger partial charge in [-0.15, -0.1) is 0 Å². The van der Waals surface area contributed by atoms with Crippen LogP contribution in [0.3, 0.4) is 0 Å². The molecule has 4 N–H and O–H groups in total. The normalized spacial score (nSPS) is 10.9. The van der Waals surface area contributed by atoms with Crippen molar-refractivity contribution in [1.29, 1.82) is 0 Å². The molecule has 4 nitrogen and oxygen atoms in total. The fourth-order valence-electron chi connectivity index (χ4n) is 2.00. The molecule has 0 bridgehead atoms. The van der Waals surface area contributed by atoms with Crippen LogP contribution in [0.2, 0.25) is 0 Å². The molecule has 0 spiro atoms. The van der Waals surface area contributed by atoms with Crippen molar-refractivity contribution < 1.29 is 9.07 Å². The van der Waals surface area contributed by atoms with Gasteiger partial charge in [0.2, 0.25) is 0 Å². The Morgan fingerprint density at radius 2 is 1.74 bits per heavy atom. The fourth-order valence-corrected chi connectivity index (χ4v) is 2.00. The molecule has 3 rings (SSSR count). The van der Waals surface area contributed by atoms with Gasteiger partial charge in [-0.2, -0.15) is 0 Å². The monoisotopic (exact) mass is 252 g/mol. The molecule has 2 aromatic carbocycles. The molecule has 0 aliphatic carbocycles. The summed E-state index contributed by atoms with van der Waals surface area (Å²) in [6.07, 6.45) is -0.575. The van der Waals surface area contributed by atoms with Gasteiger partial charge in [-0.25, -0.2) is 0 Å². The summed E-state index contributed by atoms with van der Waals surface area (Å²) in [6, 6.07) is 15.1. The van der Waals surface area contributed by atoms with Crippen LogP contribution in [0.25, 0.3) is 11.0 Å². The quantitative estimate of drug-likeness (QED) is 0.702. The molecule has 19 heavy (non-hydrogen) atoms. The zero-order valence-corrected chi connectivity index (χ0v) is 10.2. The van der Waals surface area contributed by atoms with E-state index >= 15 is 0 Å². The van der Waals surface area contributed by atoms with Crippen molar-refractivity contribution >= 4 is 18.1 Å². The molecule has 0 amide bonds. The summed E-state index contributed by atoms with van der Waals surface area (Å²) in [5.41, 5.74) is 13.7. The van der Waals surface area contributed by atoms with Crippen LogP contribution in [0, 0.1) is 0 Å². The molecule has 1 heterocycles. The molecule has 0 saturated carbocycles. The Morgan fingerprint density at radius 3 is 2.58 bits per heavy atom. The third kappa shape index (κ3) is 2.25. The van der Waals surface area contributed by atoms with Gasteiger partial charge in [0, 0.05) is 0 Å². The summed E-state index contributed by atoms with van der Waals surface area (Å²) in [5, 5.41) is 0.919. The molecule has 1 aromatic heterocycles. The van der Waals surface area contributed by atoms with Crippen molar-refractivity contribution in [3.8, 4) is 11.4 Å². The second-order valence-electron chi connectivity index (χ2n) is 4.26.